The minimum Gasteiger partial charge on any atom is -0.512 e. The van der Waals surface area contributed by atoms with E-state index in [1.54, 1.807) is 0 Å². The second kappa shape index (κ2) is 3.69. The summed E-state index contributed by atoms with van der Waals surface area (Å²) < 4.78 is 5.03. The molecule has 0 radical (unpaired) electrons. The van der Waals surface area contributed by atoms with Gasteiger partial charge in [-0.15, -0.1) is 0 Å². The molecule has 0 aliphatic heterocycles. The molecule has 0 aromatic carbocycles. The van der Waals surface area contributed by atoms with Gasteiger partial charge in [0, 0.05) is 12.5 Å². The predicted octanol–water partition coefficient (Wildman–Crippen LogP) is -0.255. The summed E-state index contributed by atoms with van der Waals surface area (Å²) in [5, 5.41) is 18.2. The van der Waals surface area contributed by atoms with Crippen LogP contribution in [0.25, 0.3) is 12.2 Å². The van der Waals surface area contributed by atoms with E-state index in [9.17, 15) is 14.7 Å². The van der Waals surface area contributed by atoms with Crippen molar-refractivity contribution in [2.45, 2.75) is 6.42 Å². The number of allylic oxidation sites excluding steroid dienone is 2. The maximum absolute atomic E-state index is 11.6. The Bertz CT molecular complexity index is 648. The molecule has 0 saturated heterocycles. The Morgan fingerprint density at radius 1 is 1.38 bits per heavy atom. The lowest BCUT2D eigenvalue weighted by Gasteiger charge is -1.93. The molecule has 1 aliphatic rings. The number of hydrogen-bond donors (Lipinski definition) is 2. The molecule has 0 amide bonds. The van der Waals surface area contributed by atoms with Crippen molar-refractivity contribution in [3.8, 4) is 0 Å². The van der Waals surface area contributed by atoms with Crippen LogP contribution in [0.2, 0.25) is 0 Å². The van der Waals surface area contributed by atoms with Gasteiger partial charge in [0.1, 0.15) is 5.42 Å². The molecule has 2 N–H and O–H groups in total. The Hall–Kier alpha value is -2.30. The van der Waals surface area contributed by atoms with Crippen LogP contribution in [0, 0.1) is 0 Å². The fraction of sp³-hybridized carbons (Fsp3) is 0.0909. The average Bonchev–Trinajstić information content (AvgIpc) is 2.41. The molecule has 0 fully saturated rings. The van der Waals surface area contributed by atoms with Gasteiger partial charge in [0.15, 0.2) is 5.43 Å². The predicted molar refractivity (Wildman–Crippen MR) is 55.4 cm³/mol. The summed E-state index contributed by atoms with van der Waals surface area (Å²) in [6.07, 6.45) is 4.47. The van der Waals surface area contributed by atoms with Crippen LogP contribution >= 0.6 is 0 Å². The van der Waals surface area contributed by atoms with Crippen LogP contribution in [0.4, 0.5) is 0 Å². The van der Waals surface area contributed by atoms with Crippen molar-refractivity contribution >= 4 is 18.1 Å². The minimum atomic E-state index is -1.30. The van der Waals surface area contributed by atoms with Crippen LogP contribution in [0.3, 0.4) is 0 Å². The molecule has 1 aromatic rings. The number of carbonyl (C=O) groups is 1. The number of hydrogen-bond acceptors (Lipinski definition) is 4. The number of carboxylic acids is 1. The molecule has 0 bridgehead atoms. The van der Waals surface area contributed by atoms with Crippen LogP contribution in [0.5, 0.6) is 0 Å². The van der Waals surface area contributed by atoms with E-state index in [1.165, 1.54) is 18.2 Å². The first-order chi connectivity index (χ1) is 7.58. The maximum atomic E-state index is 11.6. The minimum absolute atomic E-state index is 0.0858. The number of aromatic carboxylic acids is 1. The van der Waals surface area contributed by atoms with Gasteiger partial charge >= 0.3 is 5.97 Å². The smallest absolute Gasteiger partial charge is 0.371 e. The Kier molecular flexibility index (Phi) is 2.36. The third-order valence-corrected chi connectivity index (χ3v) is 2.17. The molecular weight excluding hydrogens is 212 g/mol. The van der Waals surface area contributed by atoms with E-state index in [0.29, 0.717) is 0 Å². The molecule has 0 unspecified atom stereocenters. The first-order valence-electron chi connectivity index (χ1n) is 4.55. The standard InChI is InChI=1S/C11H8O5/c12-6-1-3-7-8(13)5-10(11(14)15)16-9(7)4-2-6/h2-5,12H,1H2,(H,14,15). The summed E-state index contributed by atoms with van der Waals surface area (Å²) in [4.78, 5) is 22.2. The molecule has 0 atom stereocenters. The molecule has 2 rings (SSSR count). The van der Waals surface area contributed by atoms with E-state index in [0.717, 1.165) is 6.07 Å². The highest BCUT2D eigenvalue weighted by atomic mass is 16.4. The van der Waals surface area contributed by atoms with Crippen molar-refractivity contribution in [2.75, 3.05) is 0 Å². The van der Waals surface area contributed by atoms with Gasteiger partial charge in [-0.05, 0) is 12.2 Å². The summed E-state index contributed by atoms with van der Waals surface area (Å²) >= 11 is 0. The summed E-state index contributed by atoms with van der Waals surface area (Å²) in [6, 6.07) is 0.924. The van der Waals surface area contributed by atoms with Crippen molar-refractivity contribution in [2.24, 2.45) is 0 Å². The first-order valence-corrected chi connectivity index (χ1v) is 4.55. The highest BCUT2D eigenvalue weighted by molar-refractivity contribution is 5.84. The van der Waals surface area contributed by atoms with E-state index < -0.39 is 17.2 Å². The zero-order valence-corrected chi connectivity index (χ0v) is 8.14. The van der Waals surface area contributed by atoms with Crippen molar-refractivity contribution in [3.05, 3.63) is 44.5 Å². The van der Waals surface area contributed by atoms with Gasteiger partial charge in [-0.25, -0.2) is 4.79 Å². The molecule has 16 heavy (non-hydrogen) atoms. The summed E-state index contributed by atoms with van der Waals surface area (Å²) in [5.74, 6) is -1.63. The van der Waals surface area contributed by atoms with Gasteiger partial charge in [-0.3, -0.25) is 4.79 Å². The Morgan fingerprint density at radius 3 is 2.81 bits per heavy atom. The number of carboxylic acid groups (broad SMARTS) is 1. The summed E-state index contributed by atoms with van der Waals surface area (Å²) in [6.45, 7) is 0. The first kappa shape index (κ1) is 10.2. The average molecular weight is 220 g/mol. The second-order valence-electron chi connectivity index (χ2n) is 3.29. The lowest BCUT2D eigenvalue weighted by atomic mass is 10.2. The van der Waals surface area contributed by atoms with Gasteiger partial charge < -0.3 is 14.6 Å². The van der Waals surface area contributed by atoms with E-state index in [4.69, 9.17) is 9.52 Å². The molecule has 5 heteroatoms. The van der Waals surface area contributed by atoms with Crippen LogP contribution in [0.15, 0.2) is 27.1 Å². The lowest BCUT2D eigenvalue weighted by molar-refractivity contribution is 0.0656. The summed E-state index contributed by atoms with van der Waals surface area (Å²) in [5.41, 5.74) is -0.285. The largest absolute Gasteiger partial charge is 0.512 e. The Balaban J connectivity index is 2.82. The van der Waals surface area contributed by atoms with E-state index in [1.807, 2.05) is 0 Å². The summed E-state index contributed by atoms with van der Waals surface area (Å²) in [7, 11) is 0. The molecule has 1 heterocycles. The lowest BCUT2D eigenvalue weighted by Crippen LogP contribution is -2.39. The van der Waals surface area contributed by atoms with Crippen molar-refractivity contribution in [3.63, 3.8) is 0 Å². The normalized spacial score (nSPS) is 13.9. The van der Waals surface area contributed by atoms with Crippen LogP contribution in [-0.4, -0.2) is 16.2 Å². The van der Waals surface area contributed by atoms with Crippen LogP contribution in [-0.2, 0) is 0 Å². The quantitative estimate of drug-likeness (QED) is 0.681. The third kappa shape index (κ3) is 1.75. The van der Waals surface area contributed by atoms with E-state index in [-0.39, 0.29) is 22.8 Å². The van der Waals surface area contributed by atoms with Crippen LogP contribution < -0.4 is 16.1 Å². The third-order valence-electron chi connectivity index (χ3n) is 2.17. The molecule has 5 nitrogen and oxygen atoms in total. The SMILES string of the molecule is O=C(O)c1cc(=O)c2c(o1)=CC=C(O)CC=2. The monoisotopic (exact) mass is 220 g/mol. The fourth-order valence-corrected chi connectivity index (χ4v) is 1.40. The number of aliphatic hydroxyl groups excluding tert-OH is 1. The zero-order chi connectivity index (χ0) is 11.7. The van der Waals surface area contributed by atoms with Crippen molar-refractivity contribution in [1.82, 2.24) is 0 Å². The highest BCUT2D eigenvalue weighted by Crippen LogP contribution is 1.99. The highest BCUT2D eigenvalue weighted by Gasteiger charge is 2.09. The van der Waals surface area contributed by atoms with Gasteiger partial charge in [0.2, 0.25) is 5.76 Å². The molecule has 1 aliphatic carbocycles. The van der Waals surface area contributed by atoms with E-state index >= 15 is 0 Å². The number of fused-ring (bicyclic) bond motifs is 1. The van der Waals surface area contributed by atoms with Gasteiger partial charge in [0.05, 0.1) is 11.0 Å². The molecule has 0 spiro atoms. The van der Waals surface area contributed by atoms with Gasteiger partial charge in [-0.2, -0.15) is 0 Å². The number of rotatable bonds is 1. The number of aliphatic hydroxyl groups is 1. The van der Waals surface area contributed by atoms with Gasteiger partial charge in [-0.1, -0.05) is 6.08 Å². The second-order valence-corrected chi connectivity index (χ2v) is 3.29. The fourth-order valence-electron chi connectivity index (χ4n) is 1.40. The maximum Gasteiger partial charge on any atom is 0.371 e. The zero-order valence-electron chi connectivity index (χ0n) is 8.14. The van der Waals surface area contributed by atoms with Crippen LogP contribution in [0.1, 0.15) is 17.0 Å². The Morgan fingerprint density at radius 2 is 2.12 bits per heavy atom. The molecular formula is C11H8O5. The topological polar surface area (TPSA) is 87.7 Å². The van der Waals surface area contributed by atoms with Crippen molar-refractivity contribution in [1.29, 1.82) is 0 Å². The van der Waals surface area contributed by atoms with Gasteiger partial charge in [0.25, 0.3) is 0 Å². The molecule has 82 valence electrons. The van der Waals surface area contributed by atoms with Crippen molar-refractivity contribution < 1.29 is 19.4 Å². The molecule has 0 saturated carbocycles. The Labute approximate surface area is 89.3 Å². The molecule has 1 aromatic heterocycles. The van der Waals surface area contributed by atoms with E-state index in [2.05, 4.69) is 0 Å².